The molecular weight excluding hydrogens is 700 g/mol. The number of carbonyl (C=O) groups excluding carboxylic acids is 1. The van der Waals surface area contributed by atoms with Gasteiger partial charge in [0.15, 0.2) is 24.9 Å². The quantitative estimate of drug-likeness (QED) is 0.103. The van der Waals surface area contributed by atoms with Gasteiger partial charge in [0.2, 0.25) is 10.0 Å². The lowest BCUT2D eigenvalue weighted by Crippen LogP contribution is -2.34. The predicted molar refractivity (Wildman–Crippen MR) is 186 cm³/mol. The standard InChI is InChI=1S/C30H49BrN2O9SSi2/c1-38-29-18-24(31)10-12-28(29)41-20-30(35)32-19-26(34)23-9-11-27(42-22-40-14-16-45(6,7)8)25(17-23)33(43(2,36)37)21-39-13-15-44(3,4)5/h9-12,17-18,26,34H,13-16,19-22H2,1-8H3,(H,32,35)/t26-/m0/s1. The summed E-state index contributed by atoms with van der Waals surface area (Å²) in [5.74, 6) is 0.671. The maximum atomic E-state index is 12.9. The smallest absolute Gasteiger partial charge is 0.258 e. The molecule has 45 heavy (non-hydrogen) atoms. The van der Waals surface area contributed by atoms with Crippen LogP contribution in [0.3, 0.4) is 0 Å². The van der Waals surface area contributed by atoms with Gasteiger partial charge in [0.1, 0.15) is 12.5 Å². The van der Waals surface area contributed by atoms with Gasteiger partial charge in [-0.2, -0.15) is 0 Å². The highest BCUT2D eigenvalue weighted by Gasteiger charge is 2.24. The first-order chi connectivity index (χ1) is 20.9. The normalized spacial score (nSPS) is 12.8. The number of nitrogens with zero attached hydrogens (tertiary/aromatic N) is 1. The average Bonchev–Trinajstić information content (AvgIpc) is 2.93. The van der Waals surface area contributed by atoms with E-state index in [1.165, 1.54) is 13.2 Å². The van der Waals surface area contributed by atoms with Gasteiger partial charge in [0, 0.05) is 40.4 Å². The van der Waals surface area contributed by atoms with E-state index in [-0.39, 0.29) is 38.1 Å². The highest BCUT2D eigenvalue weighted by atomic mass is 79.9. The van der Waals surface area contributed by atoms with Crippen LogP contribution in [0.2, 0.25) is 51.4 Å². The van der Waals surface area contributed by atoms with Crippen LogP contribution in [-0.4, -0.2) is 88.8 Å². The van der Waals surface area contributed by atoms with Crippen molar-refractivity contribution in [3.63, 3.8) is 0 Å². The van der Waals surface area contributed by atoms with Crippen molar-refractivity contribution in [1.29, 1.82) is 0 Å². The average molecular weight is 750 g/mol. The minimum absolute atomic E-state index is 0.0628. The molecule has 0 aliphatic carbocycles. The minimum atomic E-state index is -3.80. The van der Waals surface area contributed by atoms with Crippen molar-refractivity contribution in [3.05, 3.63) is 46.4 Å². The van der Waals surface area contributed by atoms with Gasteiger partial charge in [-0.1, -0.05) is 61.3 Å². The molecule has 0 radical (unpaired) electrons. The van der Waals surface area contributed by atoms with E-state index in [0.717, 1.165) is 27.1 Å². The molecule has 2 N–H and O–H groups in total. The van der Waals surface area contributed by atoms with Gasteiger partial charge in [-0.05, 0) is 48.0 Å². The second-order valence-electron chi connectivity index (χ2n) is 13.1. The van der Waals surface area contributed by atoms with E-state index < -0.39 is 38.2 Å². The molecule has 11 nitrogen and oxygen atoms in total. The van der Waals surface area contributed by atoms with Gasteiger partial charge < -0.3 is 34.1 Å². The van der Waals surface area contributed by atoms with Crippen LogP contribution in [-0.2, 0) is 24.3 Å². The lowest BCUT2D eigenvalue weighted by molar-refractivity contribution is -0.123. The van der Waals surface area contributed by atoms with Crippen molar-refractivity contribution < 1.29 is 42.0 Å². The van der Waals surface area contributed by atoms with Crippen LogP contribution in [0, 0.1) is 0 Å². The van der Waals surface area contributed by atoms with Crippen LogP contribution in [0.1, 0.15) is 11.7 Å². The number of hydrogen-bond donors (Lipinski definition) is 2. The first-order valence-corrected chi connectivity index (χ1v) is 24.8. The van der Waals surface area contributed by atoms with Crippen molar-refractivity contribution in [2.24, 2.45) is 0 Å². The van der Waals surface area contributed by atoms with Crippen molar-refractivity contribution >= 4 is 53.7 Å². The molecule has 0 saturated heterocycles. The molecule has 15 heteroatoms. The Bertz CT molecular complexity index is 1350. The van der Waals surface area contributed by atoms with E-state index in [4.69, 9.17) is 23.7 Å². The van der Waals surface area contributed by atoms with Crippen molar-refractivity contribution in [1.82, 2.24) is 5.32 Å². The van der Waals surface area contributed by atoms with Gasteiger partial charge in [-0.15, -0.1) is 0 Å². The number of nitrogens with one attached hydrogen (secondary N) is 1. The third kappa shape index (κ3) is 14.9. The molecule has 2 aromatic rings. The Balaban J connectivity index is 2.18. The summed E-state index contributed by atoms with van der Waals surface area (Å²) in [5.41, 5.74) is 0.580. The molecule has 1 atom stereocenters. The third-order valence-corrected chi connectivity index (χ3v) is 11.5. The number of halogens is 1. The number of sulfonamides is 1. The van der Waals surface area contributed by atoms with Crippen LogP contribution >= 0.6 is 15.9 Å². The summed E-state index contributed by atoms with van der Waals surface area (Å²) in [4.78, 5) is 12.5. The Morgan fingerprint density at radius 1 is 0.933 bits per heavy atom. The number of methoxy groups -OCH3 is 1. The van der Waals surface area contributed by atoms with E-state index in [9.17, 15) is 18.3 Å². The number of carbonyl (C=O) groups is 1. The zero-order valence-electron chi connectivity index (χ0n) is 27.6. The summed E-state index contributed by atoms with van der Waals surface area (Å²) in [6.07, 6.45) is -0.0569. The van der Waals surface area contributed by atoms with E-state index in [0.29, 0.717) is 30.3 Å². The molecule has 0 aliphatic heterocycles. The molecule has 0 aliphatic rings. The third-order valence-electron chi connectivity index (χ3n) is 6.51. The largest absolute Gasteiger partial charge is 0.493 e. The van der Waals surface area contributed by atoms with E-state index in [2.05, 4.69) is 60.5 Å². The molecule has 1 amide bonds. The summed E-state index contributed by atoms with van der Waals surface area (Å²) < 4.78 is 56.0. The molecule has 0 aromatic heterocycles. The van der Waals surface area contributed by atoms with E-state index in [1.807, 2.05) is 0 Å². The molecule has 0 heterocycles. The van der Waals surface area contributed by atoms with Crippen molar-refractivity contribution in [2.45, 2.75) is 57.5 Å². The van der Waals surface area contributed by atoms with Crippen LogP contribution in [0.15, 0.2) is 40.9 Å². The Kier molecular flexibility index (Phi) is 15.3. The molecule has 0 fully saturated rings. The number of anilines is 1. The van der Waals surface area contributed by atoms with Gasteiger partial charge in [-0.3, -0.25) is 4.79 Å². The Hall–Kier alpha value is -2.15. The van der Waals surface area contributed by atoms with Crippen molar-refractivity contribution in [3.8, 4) is 17.2 Å². The van der Waals surface area contributed by atoms with Gasteiger partial charge in [0.05, 0.1) is 25.2 Å². The molecular formula is C30H49BrN2O9SSi2. The Morgan fingerprint density at radius 3 is 2.16 bits per heavy atom. The highest BCUT2D eigenvalue weighted by Crippen LogP contribution is 2.34. The predicted octanol–water partition coefficient (Wildman–Crippen LogP) is 5.46. The van der Waals surface area contributed by atoms with Crippen molar-refractivity contribution in [2.75, 3.05) is 57.6 Å². The molecule has 0 bridgehead atoms. The lowest BCUT2D eigenvalue weighted by atomic mass is 10.1. The van der Waals surface area contributed by atoms with Gasteiger partial charge in [-0.25, -0.2) is 12.7 Å². The number of aliphatic hydroxyl groups is 1. The highest BCUT2D eigenvalue weighted by molar-refractivity contribution is 9.10. The number of benzene rings is 2. The summed E-state index contributed by atoms with van der Waals surface area (Å²) >= 11 is 3.36. The molecule has 254 valence electrons. The number of amides is 1. The summed E-state index contributed by atoms with van der Waals surface area (Å²) in [5, 5.41) is 13.6. The topological polar surface area (TPSA) is 133 Å². The lowest BCUT2D eigenvalue weighted by Gasteiger charge is -2.26. The van der Waals surface area contributed by atoms with E-state index in [1.54, 1.807) is 30.3 Å². The first kappa shape index (κ1) is 39.0. The fourth-order valence-corrected chi connectivity index (χ4v) is 6.37. The molecule has 2 rings (SSSR count). The molecule has 0 unspecified atom stereocenters. The zero-order valence-corrected chi connectivity index (χ0v) is 32.0. The molecule has 0 spiro atoms. The fraction of sp³-hybridized carbons (Fsp3) is 0.567. The maximum absolute atomic E-state index is 12.9. The summed E-state index contributed by atoms with van der Waals surface area (Å²) in [7, 11) is -4.98. The Labute approximate surface area is 278 Å². The van der Waals surface area contributed by atoms with Crippen LogP contribution in [0.4, 0.5) is 5.69 Å². The van der Waals surface area contributed by atoms with Gasteiger partial charge >= 0.3 is 0 Å². The molecule has 0 saturated carbocycles. The SMILES string of the molecule is COc1cc(Br)ccc1OCC(=O)NC[C@H](O)c1ccc(OCOCC[Si](C)(C)C)c(N(COCC[Si](C)(C)C)S(C)(=O)=O)c1. The zero-order chi connectivity index (χ0) is 33.8. The first-order valence-electron chi connectivity index (χ1n) is 14.7. The van der Waals surface area contributed by atoms with Crippen LogP contribution < -0.4 is 23.8 Å². The van der Waals surface area contributed by atoms with Gasteiger partial charge in [0.25, 0.3) is 5.91 Å². The monoisotopic (exact) mass is 748 g/mol. The molecule has 2 aromatic carbocycles. The maximum Gasteiger partial charge on any atom is 0.258 e. The second kappa shape index (κ2) is 17.7. The number of aliphatic hydroxyl groups excluding tert-OH is 1. The fourth-order valence-electron chi connectivity index (χ4n) is 3.75. The Morgan fingerprint density at radius 2 is 1.56 bits per heavy atom. The second-order valence-corrected chi connectivity index (χ2v) is 27.1. The summed E-state index contributed by atoms with van der Waals surface area (Å²) in [6.45, 7) is 13.6. The summed E-state index contributed by atoms with van der Waals surface area (Å²) in [6, 6.07) is 11.7. The number of hydrogen-bond acceptors (Lipinski definition) is 9. The van der Waals surface area contributed by atoms with Crippen LogP contribution in [0.5, 0.6) is 17.2 Å². The van der Waals surface area contributed by atoms with Crippen LogP contribution in [0.25, 0.3) is 0 Å². The minimum Gasteiger partial charge on any atom is -0.493 e. The number of ether oxygens (including phenoxy) is 5. The van der Waals surface area contributed by atoms with E-state index >= 15 is 0 Å². The number of rotatable bonds is 20.